The van der Waals surface area contributed by atoms with Crippen LogP contribution in [0.4, 0.5) is 0 Å². The van der Waals surface area contributed by atoms with E-state index in [1.807, 2.05) is 0 Å². The Kier molecular flexibility index (Phi) is 5.58. The van der Waals surface area contributed by atoms with E-state index < -0.39 is 0 Å². The number of esters is 1. The first-order valence-electron chi connectivity index (χ1n) is 6.40. The van der Waals surface area contributed by atoms with E-state index in [-0.39, 0.29) is 5.97 Å². The number of rotatable bonds is 5. The summed E-state index contributed by atoms with van der Waals surface area (Å²) in [4.78, 5) is 11.3. The Morgan fingerprint density at radius 2 is 2.12 bits per heavy atom. The van der Waals surface area contributed by atoms with Crippen LogP contribution < -0.4 is 0 Å². The van der Waals surface area contributed by atoms with Crippen molar-refractivity contribution in [3.05, 3.63) is 12.2 Å². The summed E-state index contributed by atoms with van der Waals surface area (Å²) in [5, 5.41) is 0. The summed E-state index contributed by atoms with van der Waals surface area (Å²) in [5.41, 5.74) is 0. The topological polar surface area (TPSA) is 26.3 Å². The average molecular weight is 224 g/mol. The lowest BCUT2D eigenvalue weighted by Gasteiger charge is -2.20. The lowest BCUT2D eigenvalue weighted by atomic mass is 9.85. The van der Waals surface area contributed by atoms with Crippen molar-refractivity contribution in [3.63, 3.8) is 0 Å². The Bertz CT molecular complexity index is 245. The number of ether oxygens (including phenoxy) is 1. The number of hydrogen-bond donors (Lipinski definition) is 0. The Hall–Kier alpha value is -0.790. The molecule has 0 aromatic carbocycles. The van der Waals surface area contributed by atoms with E-state index in [9.17, 15) is 4.79 Å². The van der Waals surface area contributed by atoms with E-state index in [2.05, 4.69) is 26.0 Å². The third kappa shape index (κ3) is 3.66. The maximum atomic E-state index is 11.3. The van der Waals surface area contributed by atoms with Gasteiger partial charge in [0.2, 0.25) is 0 Å². The molecule has 0 bridgehead atoms. The van der Waals surface area contributed by atoms with Gasteiger partial charge in [-0.1, -0.05) is 32.4 Å². The lowest BCUT2D eigenvalue weighted by Crippen LogP contribution is -2.17. The summed E-state index contributed by atoms with van der Waals surface area (Å²) in [6.07, 6.45) is 9.76. The van der Waals surface area contributed by atoms with Gasteiger partial charge in [-0.15, -0.1) is 0 Å². The molecule has 2 nitrogen and oxygen atoms in total. The number of carbonyl (C=O) groups is 1. The zero-order valence-corrected chi connectivity index (χ0v) is 10.7. The second-order valence-electron chi connectivity index (χ2n) is 4.87. The molecule has 1 fully saturated rings. The standard InChI is InChI=1S/C14H24O2/c1-4-5-6-7-13-11(2)8-9-12(13)10-14(15)16-3/h5-6,11-13H,4,7-10H2,1-3H3/b6-5+. The quantitative estimate of drug-likeness (QED) is 0.527. The highest BCUT2D eigenvalue weighted by Gasteiger charge is 2.33. The summed E-state index contributed by atoms with van der Waals surface area (Å²) in [6.45, 7) is 4.46. The van der Waals surface area contributed by atoms with Crippen LogP contribution in [0, 0.1) is 17.8 Å². The van der Waals surface area contributed by atoms with Gasteiger partial charge in [0.05, 0.1) is 7.11 Å². The molecule has 0 aromatic rings. The van der Waals surface area contributed by atoms with Crippen molar-refractivity contribution in [2.24, 2.45) is 17.8 Å². The van der Waals surface area contributed by atoms with Gasteiger partial charge in [-0.05, 0) is 37.0 Å². The normalized spacial score (nSPS) is 29.8. The maximum Gasteiger partial charge on any atom is 0.305 e. The van der Waals surface area contributed by atoms with Crippen LogP contribution in [0.25, 0.3) is 0 Å². The molecule has 0 radical (unpaired) electrons. The Balaban J connectivity index is 2.48. The second-order valence-corrected chi connectivity index (χ2v) is 4.87. The lowest BCUT2D eigenvalue weighted by molar-refractivity contribution is -0.142. The van der Waals surface area contributed by atoms with Crippen molar-refractivity contribution >= 4 is 5.97 Å². The van der Waals surface area contributed by atoms with Gasteiger partial charge in [0.15, 0.2) is 0 Å². The zero-order valence-electron chi connectivity index (χ0n) is 10.7. The van der Waals surface area contributed by atoms with Crippen molar-refractivity contribution in [2.75, 3.05) is 7.11 Å². The molecule has 0 saturated heterocycles. The molecule has 1 aliphatic rings. The van der Waals surface area contributed by atoms with Gasteiger partial charge in [0.1, 0.15) is 0 Å². The van der Waals surface area contributed by atoms with Gasteiger partial charge in [0.25, 0.3) is 0 Å². The molecule has 92 valence electrons. The number of methoxy groups -OCH3 is 1. The summed E-state index contributed by atoms with van der Waals surface area (Å²) >= 11 is 0. The smallest absolute Gasteiger partial charge is 0.305 e. The zero-order chi connectivity index (χ0) is 12.0. The molecular weight excluding hydrogens is 200 g/mol. The van der Waals surface area contributed by atoms with Crippen LogP contribution in [0.15, 0.2) is 12.2 Å². The summed E-state index contributed by atoms with van der Waals surface area (Å²) in [5.74, 6) is 1.89. The van der Waals surface area contributed by atoms with Gasteiger partial charge >= 0.3 is 5.97 Å². The third-order valence-electron chi connectivity index (χ3n) is 3.80. The highest BCUT2D eigenvalue weighted by molar-refractivity contribution is 5.69. The van der Waals surface area contributed by atoms with Crippen molar-refractivity contribution in [2.45, 2.75) is 46.0 Å². The molecule has 1 rings (SSSR count). The average Bonchev–Trinajstić information content (AvgIpc) is 2.61. The number of hydrogen-bond acceptors (Lipinski definition) is 2. The summed E-state index contributed by atoms with van der Waals surface area (Å²) < 4.78 is 4.76. The van der Waals surface area contributed by atoms with Crippen molar-refractivity contribution in [1.29, 1.82) is 0 Å². The first kappa shape index (κ1) is 13.3. The van der Waals surface area contributed by atoms with Gasteiger partial charge in [-0.3, -0.25) is 4.79 Å². The highest BCUT2D eigenvalue weighted by Crippen LogP contribution is 2.41. The predicted octanol–water partition coefficient (Wildman–Crippen LogP) is 3.57. The van der Waals surface area contributed by atoms with Crippen LogP contribution in [0.2, 0.25) is 0 Å². The maximum absolute atomic E-state index is 11.3. The van der Waals surface area contributed by atoms with Crippen LogP contribution in [0.5, 0.6) is 0 Å². The van der Waals surface area contributed by atoms with Crippen molar-refractivity contribution in [3.8, 4) is 0 Å². The fourth-order valence-corrected chi connectivity index (χ4v) is 2.77. The SMILES string of the molecule is CC/C=C/CC1C(C)CCC1CC(=O)OC. The second kappa shape index (κ2) is 6.72. The van der Waals surface area contributed by atoms with Gasteiger partial charge < -0.3 is 4.74 Å². The van der Waals surface area contributed by atoms with E-state index in [0.717, 1.165) is 18.8 Å². The molecule has 3 unspecified atom stereocenters. The van der Waals surface area contributed by atoms with E-state index in [1.165, 1.54) is 20.0 Å². The first-order chi connectivity index (χ1) is 7.69. The Morgan fingerprint density at radius 3 is 2.75 bits per heavy atom. The van der Waals surface area contributed by atoms with Crippen LogP contribution in [0.3, 0.4) is 0 Å². The highest BCUT2D eigenvalue weighted by atomic mass is 16.5. The molecule has 0 N–H and O–H groups in total. The van der Waals surface area contributed by atoms with Gasteiger partial charge in [-0.2, -0.15) is 0 Å². The van der Waals surface area contributed by atoms with Crippen LogP contribution in [-0.2, 0) is 9.53 Å². The monoisotopic (exact) mass is 224 g/mol. The minimum absolute atomic E-state index is 0.0522. The molecule has 2 heteroatoms. The Labute approximate surface area is 99.1 Å². The van der Waals surface area contributed by atoms with Gasteiger partial charge in [-0.25, -0.2) is 0 Å². The van der Waals surface area contributed by atoms with E-state index in [4.69, 9.17) is 4.74 Å². The molecular formula is C14H24O2. The number of carbonyl (C=O) groups excluding carboxylic acids is 1. The van der Waals surface area contributed by atoms with Crippen LogP contribution in [0.1, 0.15) is 46.0 Å². The summed E-state index contributed by atoms with van der Waals surface area (Å²) in [7, 11) is 1.48. The Morgan fingerprint density at radius 1 is 1.38 bits per heavy atom. The van der Waals surface area contributed by atoms with E-state index >= 15 is 0 Å². The molecule has 16 heavy (non-hydrogen) atoms. The molecule has 0 spiro atoms. The van der Waals surface area contributed by atoms with Crippen molar-refractivity contribution in [1.82, 2.24) is 0 Å². The number of allylic oxidation sites excluding steroid dienone is 2. The molecule has 0 aromatic heterocycles. The minimum atomic E-state index is -0.0522. The van der Waals surface area contributed by atoms with Crippen LogP contribution >= 0.6 is 0 Å². The molecule has 0 amide bonds. The van der Waals surface area contributed by atoms with Crippen molar-refractivity contribution < 1.29 is 9.53 Å². The van der Waals surface area contributed by atoms with Crippen LogP contribution in [-0.4, -0.2) is 13.1 Å². The predicted molar refractivity (Wildman–Crippen MR) is 66.1 cm³/mol. The largest absolute Gasteiger partial charge is 0.469 e. The van der Waals surface area contributed by atoms with E-state index in [0.29, 0.717) is 18.3 Å². The first-order valence-corrected chi connectivity index (χ1v) is 6.40. The third-order valence-corrected chi connectivity index (χ3v) is 3.80. The molecule has 1 aliphatic carbocycles. The minimum Gasteiger partial charge on any atom is -0.469 e. The molecule has 0 aliphatic heterocycles. The fraction of sp³-hybridized carbons (Fsp3) is 0.786. The molecule has 1 saturated carbocycles. The fourth-order valence-electron chi connectivity index (χ4n) is 2.77. The molecule has 0 heterocycles. The summed E-state index contributed by atoms with van der Waals surface area (Å²) in [6, 6.07) is 0. The van der Waals surface area contributed by atoms with E-state index in [1.54, 1.807) is 0 Å². The molecule has 3 atom stereocenters. The van der Waals surface area contributed by atoms with Gasteiger partial charge in [0, 0.05) is 6.42 Å².